The summed E-state index contributed by atoms with van der Waals surface area (Å²) in [5.74, 6) is -0.428. The monoisotopic (exact) mass is 317 g/mol. The molecule has 1 rings (SSSR count). The summed E-state index contributed by atoms with van der Waals surface area (Å²) in [5, 5.41) is 7.67. The molecule has 0 atom stereocenters. The van der Waals surface area contributed by atoms with Crippen molar-refractivity contribution in [2.24, 2.45) is 0 Å². The summed E-state index contributed by atoms with van der Waals surface area (Å²) in [6, 6.07) is 0. The molecule has 116 valence electrons. The molecule has 0 radical (unpaired) electrons. The highest BCUT2D eigenvalue weighted by atomic mass is 32.1. The van der Waals surface area contributed by atoms with Crippen LogP contribution in [0.25, 0.3) is 0 Å². The van der Waals surface area contributed by atoms with Crippen LogP contribution in [0.1, 0.15) is 19.5 Å². The van der Waals surface area contributed by atoms with Gasteiger partial charge in [0.15, 0.2) is 5.13 Å². The Morgan fingerprint density at radius 1 is 1.09 bits per heavy atom. The van der Waals surface area contributed by atoms with Crippen LogP contribution in [0.2, 0.25) is 0 Å². The van der Waals surface area contributed by atoms with Crippen molar-refractivity contribution < 1.29 is 9.59 Å². The molecule has 0 fully saturated rings. The molecule has 0 spiro atoms. The summed E-state index contributed by atoms with van der Waals surface area (Å²) in [6.45, 7) is 4.07. The molecule has 0 saturated carbocycles. The van der Waals surface area contributed by atoms with Crippen LogP contribution in [0.5, 0.6) is 0 Å². The molecular formula is C16H19N3O2S. The SMILES string of the molecule is CC=CC=CC(=O)NCc1csc(NC(=O)C=CC=CC)n1. The number of aromatic nitrogens is 1. The number of thiazole rings is 1. The Bertz CT molecular complexity index is 613. The van der Waals surface area contributed by atoms with E-state index < -0.39 is 0 Å². The Morgan fingerprint density at radius 3 is 2.36 bits per heavy atom. The third-order valence-corrected chi connectivity index (χ3v) is 3.13. The normalized spacial score (nSPS) is 11.9. The van der Waals surface area contributed by atoms with Crippen LogP contribution in [-0.2, 0) is 16.1 Å². The molecule has 5 nitrogen and oxygen atoms in total. The molecular weight excluding hydrogens is 298 g/mol. The van der Waals surface area contributed by atoms with Gasteiger partial charge in [-0.2, -0.15) is 0 Å². The quantitative estimate of drug-likeness (QED) is 0.600. The second-order valence-electron chi connectivity index (χ2n) is 4.12. The van der Waals surface area contributed by atoms with Gasteiger partial charge in [0, 0.05) is 17.5 Å². The third-order valence-electron chi connectivity index (χ3n) is 2.33. The molecule has 0 saturated heterocycles. The number of nitrogens with zero attached hydrogens (tertiary/aromatic N) is 1. The Kier molecular flexibility index (Phi) is 8.22. The zero-order valence-corrected chi connectivity index (χ0v) is 13.4. The van der Waals surface area contributed by atoms with Gasteiger partial charge in [0.1, 0.15) is 0 Å². The number of carbonyl (C=O) groups is 2. The van der Waals surface area contributed by atoms with Crippen LogP contribution in [0, 0.1) is 0 Å². The number of hydrogen-bond donors (Lipinski definition) is 2. The second kappa shape index (κ2) is 10.3. The van der Waals surface area contributed by atoms with E-state index in [2.05, 4.69) is 15.6 Å². The molecule has 0 aliphatic rings. The lowest BCUT2D eigenvalue weighted by Gasteiger charge is -1.98. The molecule has 22 heavy (non-hydrogen) atoms. The number of anilines is 1. The molecule has 1 aromatic rings. The smallest absolute Gasteiger partial charge is 0.250 e. The molecule has 0 unspecified atom stereocenters. The Morgan fingerprint density at radius 2 is 1.73 bits per heavy atom. The maximum absolute atomic E-state index is 11.6. The van der Waals surface area contributed by atoms with E-state index in [1.807, 2.05) is 26.0 Å². The molecule has 0 aliphatic carbocycles. The number of amides is 2. The standard InChI is InChI=1S/C16H19N3O2S/c1-3-5-7-9-14(20)17-11-13-12-22-16(18-13)19-15(21)10-8-6-4-2/h3-10,12H,11H2,1-2H3,(H,17,20)(H,18,19,21). The molecule has 0 aliphatic heterocycles. The van der Waals surface area contributed by atoms with Crippen LogP contribution < -0.4 is 10.6 Å². The number of allylic oxidation sites excluding steroid dienone is 6. The van der Waals surface area contributed by atoms with E-state index in [1.54, 1.807) is 29.7 Å². The fourth-order valence-electron chi connectivity index (χ4n) is 1.34. The highest BCUT2D eigenvalue weighted by Crippen LogP contribution is 2.15. The molecule has 6 heteroatoms. The van der Waals surface area contributed by atoms with E-state index in [-0.39, 0.29) is 11.8 Å². The Labute approximate surface area is 134 Å². The van der Waals surface area contributed by atoms with Crippen LogP contribution in [0.15, 0.2) is 54.0 Å². The molecule has 2 N–H and O–H groups in total. The maximum Gasteiger partial charge on any atom is 0.250 e. The third kappa shape index (κ3) is 7.35. The minimum absolute atomic E-state index is 0.189. The topological polar surface area (TPSA) is 71.1 Å². The molecule has 1 heterocycles. The van der Waals surface area contributed by atoms with Crippen molar-refractivity contribution in [3.8, 4) is 0 Å². The van der Waals surface area contributed by atoms with Gasteiger partial charge < -0.3 is 5.32 Å². The van der Waals surface area contributed by atoms with Crippen LogP contribution in [0.4, 0.5) is 5.13 Å². The van der Waals surface area contributed by atoms with Gasteiger partial charge in [-0.15, -0.1) is 11.3 Å². The first-order valence-corrected chi connectivity index (χ1v) is 7.65. The van der Waals surface area contributed by atoms with Crippen LogP contribution >= 0.6 is 11.3 Å². The van der Waals surface area contributed by atoms with E-state index in [0.29, 0.717) is 17.4 Å². The summed E-state index contributed by atoms with van der Waals surface area (Å²) >= 11 is 1.31. The van der Waals surface area contributed by atoms with Crippen molar-refractivity contribution in [2.75, 3.05) is 5.32 Å². The number of hydrogen-bond acceptors (Lipinski definition) is 4. The van der Waals surface area contributed by atoms with Crippen molar-refractivity contribution >= 4 is 28.3 Å². The zero-order valence-electron chi connectivity index (χ0n) is 12.6. The van der Waals surface area contributed by atoms with E-state index >= 15 is 0 Å². The van der Waals surface area contributed by atoms with Gasteiger partial charge in [-0.05, 0) is 13.8 Å². The second-order valence-corrected chi connectivity index (χ2v) is 4.98. The molecule has 0 bridgehead atoms. The number of carbonyl (C=O) groups excluding carboxylic acids is 2. The largest absolute Gasteiger partial charge is 0.347 e. The fraction of sp³-hybridized carbons (Fsp3) is 0.188. The number of rotatable bonds is 7. The number of nitrogens with one attached hydrogen (secondary N) is 2. The predicted octanol–water partition coefficient (Wildman–Crippen LogP) is 2.96. The van der Waals surface area contributed by atoms with Crippen molar-refractivity contribution in [2.45, 2.75) is 20.4 Å². The highest BCUT2D eigenvalue weighted by molar-refractivity contribution is 7.13. The van der Waals surface area contributed by atoms with Gasteiger partial charge in [0.25, 0.3) is 0 Å². The van der Waals surface area contributed by atoms with Crippen LogP contribution in [0.3, 0.4) is 0 Å². The first-order chi connectivity index (χ1) is 10.7. The summed E-state index contributed by atoms with van der Waals surface area (Å²) in [7, 11) is 0. The van der Waals surface area contributed by atoms with Gasteiger partial charge in [0.2, 0.25) is 11.8 Å². The molecule has 0 aromatic carbocycles. The first kappa shape index (κ1) is 17.6. The van der Waals surface area contributed by atoms with E-state index in [1.165, 1.54) is 23.5 Å². The van der Waals surface area contributed by atoms with Gasteiger partial charge in [-0.25, -0.2) is 4.98 Å². The van der Waals surface area contributed by atoms with Crippen molar-refractivity contribution in [3.05, 3.63) is 59.7 Å². The predicted molar refractivity (Wildman–Crippen MR) is 90.5 cm³/mol. The van der Waals surface area contributed by atoms with Crippen molar-refractivity contribution in [3.63, 3.8) is 0 Å². The lowest BCUT2D eigenvalue weighted by atomic mass is 10.4. The van der Waals surface area contributed by atoms with E-state index in [4.69, 9.17) is 0 Å². The van der Waals surface area contributed by atoms with E-state index in [9.17, 15) is 9.59 Å². The average Bonchev–Trinajstić information content (AvgIpc) is 2.93. The van der Waals surface area contributed by atoms with Gasteiger partial charge in [0.05, 0.1) is 12.2 Å². The van der Waals surface area contributed by atoms with Crippen LogP contribution in [-0.4, -0.2) is 16.8 Å². The van der Waals surface area contributed by atoms with E-state index in [0.717, 1.165) is 0 Å². The maximum atomic E-state index is 11.6. The zero-order chi connectivity index (χ0) is 16.2. The lowest BCUT2D eigenvalue weighted by molar-refractivity contribution is -0.116. The van der Waals surface area contributed by atoms with Crippen molar-refractivity contribution in [1.29, 1.82) is 0 Å². The minimum Gasteiger partial charge on any atom is -0.347 e. The average molecular weight is 317 g/mol. The van der Waals surface area contributed by atoms with Gasteiger partial charge >= 0.3 is 0 Å². The minimum atomic E-state index is -0.239. The fourth-order valence-corrected chi connectivity index (χ4v) is 2.05. The summed E-state index contributed by atoms with van der Waals surface area (Å²) in [4.78, 5) is 27.3. The van der Waals surface area contributed by atoms with Gasteiger partial charge in [-0.1, -0.05) is 36.5 Å². The van der Waals surface area contributed by atoms with Gasteiger partial charge in [-0.3, -0.25) is 14.9 Å². The Balaban J connectivity index is 2.44. The first-order valence-electron chi connectivity index (χ1n) is 6.77. The van der Waals surface area contributed by atoms with Crippen molar-refractivity contribution in [1.82, 2.24) is 10.3 Å². The summed E-state index contributed by atoms with van der Waals surface area (Å²) < 4.78 is 0. The summed E-state index contributed by atoms with van der Waals surface area (Å²) in [5.41, 5.74) is 0.700. The molecule has 1 aromatic heterocycles. The molecule has 2 amide bonds. The lowest BCUT2D eigenvalue weighted by Crippen LogP contribution is -2.20. The highest BCUT2D eigenvalue weighted by Gasteiger charge is 2.05. The summed E-state index contributed by atoms with van der Waals surface area (Å²) in [6.07, 6.45) is 13.4. The Hall–Kier alpha value is -2.47.